The van der Waals surface area contributed by atoms with E-state index >= 15 is 0 Å². The van der Waals surface area contributed by atoms with Crippen molar-refractivity contribution in [1.82, 2.24) is 9.88 Å². The van der Waals surface area contributed by atoms with Gasteiger partial charge in [0, 0.05) is 19.6 Å². The molecule has 2 aromatic heterocycles. The lowest BCUT2D eigenvalue weighted by molar-refractivity contribution is 0.0302. The van der Waals surface area contributed by atoms with Crippen LogP contribution in [0.15, 0.2) is 57.6 Å². The second-order valence-electron chi connectivity index (χ2n) is 6.94. The molecule has 0 saturated carbocycles. The van der Waals surface area contributed by atoms with Gasteiger partial charge in [0.05, 0.1) is 17.6 Å². The number of oxazole rings is 1. The van der Waals surface area contributed by atoms with Gasteiger partial charge in [-0.05, 0) is 38.5 Å². The largest absolute Gasteiger partial charge is 0.459 e. The van der Waals surface area contributed by atoms with Crippen LogP contribution in [0.5, 0.6) is 0 Å². The molecule has 0 aliphatic heterocycles. The van der Waals surface area contributed by atoms with E-state index in [2.05, 4.69) is 22.0 Å². The van der Waals surface area contributed by atoms with Crippen LogP contribution in [0.3, 0.4) is 0 Å². The zero-order valence-electron chi connectivity index (χ0n) is 14.9. The van der Waals surface area contributed by atoms with E-state index in [0.29, 0.717) is 24.7 Å². The Balaban J connectivity index is 1.80. The fourth-order valence-corrected chi connectivity index (χ4v) is 2.85. The van der Waals surface area contributed by atoms with E-state index in [1.807, 2.05) is 51.1 Å². The predicted octanol–water partition coefficient (Wildman–Crippen LogP) is 4.02. The first kappa shape index (κ1) is 17.5. The lowest BCUT2D eigenvalue weighted by Gasteiger charge is -2.28. The third-order valence-corrected chi connectivity index (χ3v) is 3.86. The Kier molecular flexibility index (Phi) is 5.06. The minimum Gasteiger partial charge on any atom is -0.459 e. The van der Waals surface area contributed by atoms with Crippen LogP contribution in [0.2, 0.25) is 0 Å². The molecule has 0 amide bonds. The monoisotopic (exact) mass is 340 g/mol. The van der Waals surface area contributed by atoms with Gasteiger partial charge in [0.1, 0.15) is 5.76 Å². The van der Waals surface area contributed by atoms with Gasteiger partial charge in [-0.25, -0.2) is 4.98 Å². The van der Waals surface area contributed by atoms with Gasteiger partial charge in [0.2, 0.25) is 0 Å². The summed E-state index contributed by atoms with van der Waals surface area (Å²) in [4.78, 5) is 6.75. The van der Waals surface area contributed by atoms with Crippen molar-refractivity contribution in [2.24, 2.45) is 0 Å². The Labute approximate surface area is 147 Å². The number of hydrogen-bond donors (Lipinski definition) is 1. The molecule has 0 saturated heterocycles. The van der Waals surface area contributed by atoms with Crippen LogP contribution < -0.4 is 0 Å². The van der Waals surface area contributed by atoms with Crippen LogP contribution in [0.1, 0.15) is 30.9 Å². The second kappa shape index (κ2) is 7.25. The Bertz CT molecular complexity index is 786. The summed E-state index contributed by atoms with van der Waals surface area (Å²) in [6.07, 6.45) is 1.60. The molecule has 25 heavy (non-hydrogen) atoms. The summed E-state index contributed by atoms with van der Waals surface area (Å²) < 4.78 is 11.1. The van der Waals surface area contributed by atoms with Crippen LogP contribution in [-0.4, -0.2) is 27.1 Å². The van der Waals surface area contributed by atoms with Crippen molar-refractivity contribution in [2.45, 2.75) is 39.5 Å². The van der Waals surface area contributed by atoms with Gasteiger partial charge in [0.25, 0.3) is 5.89 Å². The SMILES string of the molecule is Cc1oc(-c2ccco2)nc1CN(Cc1ccccc1)CC(C)(C)O. The highest BCUT2D eigenvalue weighted by Gasteiger charge is 2.22. The molecule has 1 N–H and O–H groups in total. The Morgan fingerprint density at radius 3 is 2.48 bits per heavy atom. The summed E-state index contributed by atoms with van der Waals surface area (Å²) in [5, 5.41) is 10.3. The van der Waals surface area contributed by atoms with Crippen LogP contribution in [-0.2, 0) is 13.1 Å². The smallest absolute Gasteiger partial charge is 0.263 e. The predicted molar refractivity (Wildman–Crippen MR) is 95.8 cm³/mol. The highest BCUT2D eigenvalue weighted by Crippen LogP contribution is 2.23. The maximum absolute atomic E-state index is 10.3. The number of aliphatic hydroxyl groups is 1. The van der Waals surface area contributed by atoms with Crippen LogP contribution in [0, 0.1) is 6.92 Å². The highest BCUT2D eigenvalue weighted by atomic mass is 16.4. The molecule has 0 atom stereocenters. The number of aromatic nitrogens is 1. The number of aryl methyl sites for hydroxylation is 1. The molecule has 3 aromatic rings. The van der Waals surface area contributed by atoms with Gasteiger partial charge in [-0.3, -0.25) is 4.90 Å². The normalized spacial score (nSPS) is 12.0. The summed E-state index contributed by atoms with van der Waals surface area (Å²) in [5.74, 6) is 1.87. The molecule has 0 radical (unpaired) electrons. The molecule has 5 nitrogen and oxygen atoms in total. The van der Waals surface area contributed by atoms with Crippen molar-refractivity contribution in [3.05, 3.63) is 65.7 Å². The van der Waals surface area contributed by atoms with Crippen molar-refractivity contribution in [2.75, 3.05) is 6.54 Å². The quantitative estimate of drug-likeness (QED) is 0.704. The van der Waals surface area contributed by atoms with Crippen LogP contribution >= 0.6 is 0 Å². The first-order chi connectivity index (χ1) is 11.9. The molecule has 0 unspecified atom stereocenters. The molecule has 0 aliphatic rings. The van der Waals surface area contributed by atoms with Crippen molar-refractivity contribution in [3.63, 3.8) is 0 Å². The molecule has 1 aromatic carbocycles. The summed E-state index contributed by atoms with van der Waals surface area (Å²) >= 11 is 0. The lowest BCUT2D eigenvalue weighted by Crippen LogP contribution is -2.38. The van der Waals surface area contributed by atoms with Gasteiger partial charge >= 0.3 is 0 Å². The molecule has 5 heteroatoms. The summed E-state index contributed by atoms with van der Waals surface area (Å²) in [7, 11) is 0. The first-order valence-electron chi connectivity index (χ1n) is 8.39. The van der Waals surface area contributed by atoms with Gasteiger partial charge < -0.3 is 13.9 Å². The van der Waals surface area contributed by atoms with Gasteiger partial charge in [-0.1, -0.05) is 30.3 Å². The van der Waals surface area contributed by atoms with Gasteiger partial charge in [-0.15, -0.1) is 0 Å². The summed E-state index contributed by atoms with van der Waals surface area (Å²) in [6, 6.07) is 13.9. The maximum Gasteiger partial charge on any atom is 0.263 e. The molecule has 132 valence electrons. The molecule has 0 fully saturated rings. The maximum atomic E-state index is 10.3. The topological polar surface area (TPSA) is 62.6 Å². The van der Waals surface area contributed by atoms with E-state index in [9.17, 15) is 5.11 Å². The van der Waals surface area contributed by atoms with E-state index in [1.165, 1.54) is 5.56 Å². The Morgan fingerprint density at radius 1 is 1.08 bits per heavy atom. The molecule has 0 bridgehead atoms. The Hall–Kier alpha value is -2.37. The minimum absolute atomic E-state index is 0.486. The second-order valence-corrected chi connectivity index (χ2v) is 6.94. The summed E-state index contributed by atoms with van der Waals surface area (Å²) in [6.45, 7) is 7.38. The summed E-state index contributed by atoms with van der Waals surface area (Å²) in [5.41, 5.74) is 1.25. The molecule has 3 rings (SSSR count). The van der Waals surface area contributed by atoms with Crippen LogP contribution in [0.25, 0.3) is 11.7 Å². The number of nitrogens with zero attached hydrogens (tertiary/aromatic N) is 2. The lowest BCUT2D eigenvalue weighted by atomic mass is 10.1. The van der Waals surface area contributed by atoms with Crippen molar-refractivity contribution in [3.8, 4) is 11.7 Å². The minimum atomic E-state index is -0.795. The molecule has 2 heterocycles. The fourth-order valence-electron chi connectivity index (χ4n) is 2.85. The van der Waals surface area contributed by atoms with E-state index in [0.717, 1.165) is 18.0 Å². The number of benzene rings is 1. The van der Waals surface area contributed by atoms with E-state index in [-0.39, 0.29) is 0 Å². The number of furan rings is 1. The van der Waals surface area contributed by atoms with Gasteiger partial charge in [-0.2, -0.15) is 0 Å². The van der Waals surface area contributed by atoms with Crippen molar-refractivity contribution < 1.29 is 13.9 Å². The van der Waals surface area contributed by atoms with E-state index in [4.69, 9.17) is 8.83 Å². The molecule has 0 aliphatic carbocycles. The van der Waals surface area contributed by atoms with Gasteiger partial charge in [0.15, 0.2) is 5.76 Å². The average Bonchev–Trinajstić information content (AvgIpc) is 3.17. The third-order valence-electron chi connectivity index (χ3n) is 3.86. The molecule has 0 spiro atoms. The Morgan fingerprint density at radius 2 is 1.84 bits per heavy atom. The number of hydrogen-bond acceptors (Lipinski definition) is 5. The molecular formula is C20H24N2O3. The fraction of sp³-hybridized carbons (Fsp3) is 0.350. The zero-order chi connectivity index (χ0) is 17.9. The first-order valence-corrected chi connectivity index (χ1v) is 8.39. The van der Waals surface area contributed by atoms with Crippen molar-refractivity contribution in [1.29, 1.82) is 0 Å². The standard InChI is InChI=1S/C20H24N2O3/c1-15-17(21-19(25-15)18-10-7-11-24-18)13-22(14-20(2,3)23)12-16-8-5-4-6-9-16/h4-11,23H,12-14H2,1-3H3. The number of rotatable bonds is 7. The highest BCUT2D eigenvalue weighted by molar-refractivity contribution is 5.44. The van der Waals surface area contributed by atoms with Crippen molar-refractivity contribution >= 4 is 0 Å². The van der Waals surface area contributed by atoms with E-state index < -0.39 is 5.60 Å². The zero-order valence-corrected chi connectivity index (χ0v) is 14.9. The molecular weight excluding hydrogens is 316 g/mol. The average molecular weight is 340 g/mol. The van der Waals surface area contributed by atoms with Crippen LogP contribution in [0.4, 0.5) is 0 Å². The van der Waals surface area contributed by atoms with E-state index in [1.54, 1.807) is 6.26 Å². The third kappa shape index (κ3) is 4.81.